The molecule has 34 heavy (non-hydrogen) atoms. The molecule has 0 amide bonds. The van der Waals surface area contributed by atoms with E-state index in [2.05, 4.69) is 33.1 Å². The highest BCUT2D eigenvalue weighted by Gasteiger charge is 2.23. The van der Waals surface area contributed by atoms with Crippen LogP contribution in [0.25, 0.3) is 68.8 Å². The first kappa shape index (κ1) is 19.8. The Balaban J connectivity index is 1.46. The average molecular weight is 445 g/mol. The van der Waals surface area contributed by atoms with Crippen LogP contribution in [-0.2, 0) is 0 Å². The fourth-order valence-electron chi connectivity index (χ4n) is 4.17. The van der Waals surface area contributed by atoms with E-state index in [4.69, 9.17) is 13.8 Å². The van der Waals surface area contributed by atoms with Crippen LogP contribution in [0.4, 0.5) is 0 Å². The summed E-state index contributed by atoms with van der Waals surface area (Å²) in [7, 11) is 0. The molecular weight excluding hydrogens is 426 g/mol. The maximum absolute atomic E-state index is 5.86. The molecule has 0 unspecified atom stereocenters. The Hall–Kier alpha value is -4.91. The van der Waals surface area contributed by atoms with Gasteiger partial charge in [-0.1, -0.05) is 25.3 Å². The molecule has 164 valence electrons. The SMILES string of the molecule is C=Cc1cc[nH]c1-c1ccoc1-c1cnc2c(-c3occc3-c3[nH]ccc3C=C)ncc-2cn1. The monoisotopic (exact) mass is 445 g/mol. The van der Waals surface area contributed by atoms with Crippen molar-refractivity contribution in [3.63, 3.8) is 0 Å². The number of fused-ring (bicyclic) bond motifs is 1. The number of furan rings is 2. The van der Waals surface area contributed by atoms with E-state index < -0.39 is 0 Å². The Morgan fingerprint density at radius 1 is 0.676 bits per heavy atom. The van der Waals surface area contributed by atoms with Crippen molar-refractivity contribution in [2.75, 3.05) is 0 Å². The highest BCUT2D eigenvalue weighted by molar-refractivity contribution is 5.88. The van der Waals surface area contributed by atoms with Gasteiger partial charge in [0.15, 0.2) is 11.5 Å². The van der Waals surface area contributed by atoms with Gasteiger partial charge in [-0.05, 0) is 35.4 Å². The summed E-state index contributed by atoms with van der Waals surface area (Å²) in [6.07, 6.45) is 15.8. The quantitative estimate of drug-likeness (QED) is 0.295. The van der Waals surface area contributed by atoms with Crippen molar-refractivity contribution in [3.8, 4) is 56.7 Å². The van der Waals surface area contributed by atoms with Crippen molar-refractivity contribution in [1.29, 1.82) is 0 Å². The lowest BCUT2D eigenvalue weighted by Crippen LogP contribution is -1.86. The average Bonchev–Trinajstić information content (AvgIpc) is 3.67. The van der Waals surface area contributed by atoms with Gasteiger partial charge in [0.25, 0.3) is 0 Å². The maximum Gasteiger partial charge on any atom is 0.163 e. The second-order valence-electron chi connectivity index (χ2n) is 7.66. The maximum atomic E-state index is 5.86. The number of aromatic amines is 2. The molecule has 0 bridgehead atoms. The molecule has 4 aromatic rings. The van der Waals surface area contributed by atoms with Gasteiger partial charge in [-0.3, -0.25) is 9.97 Å². The van der Waals surface area contributed by atoms with Gasteiger partial charge in [0.05, 0.1) is 30.1 Å². The smallest absolute Gasteiger partial charge is 0.163 e. The Labute approximate surface area is 194 Å². The van der Waals surface area contributed by atoms with E-state index >= 15 is 0 Å². The normalized spacial score (nSPS) is 11.2. The number of rotatable bonds is 6. The zero-order valence-electron chi connectivity index (χ0n) is 18.1. The predicted molar refractivity (Wildman–Crippen MR) is 132 cm³/mol. The van der Waals surface area contributed by atoms with E-state index in [9.17, 15) is 0 Å². The molecule has 0 atom stereocenters. The van der Waals surface area contributed by atoms with Crippen molar-refractivity contribution in [1.82, 2.24) is 24.9 Å². The number of aromatic nitrogens is 5. The Bertz CT molecular complexity index is 1610. The zero-order chi connectivity index (χ0) is 23.1. The van der Waals surface area contributed by atoms with Crippen molar-refractivity contribution in [2.45, 2.75) is 0 Å². The molecule has 0 spiro atoms. The highest BCUT2D eigenvalue weighted by Crippen LogP contribution is 2.39. The van der Waals surface area contributed by atoms with E-state index in [-0.39, 0.29) is 0 Å². The Morgan fingerprint density at radius 2 is 1.26 bits per heavy atom. The molecule has 0 aromatic carbocycles. The summed E-state index contributed by atoms with van der Waals surface area (Å²) >= 11 is 0. The molecule has 6 heterocycles. The van der Waals surface area contributed by atoms with Crippen molar-refractivity contribution in [3.05, 3.63) is 92.1 Å². The summed E-state index contributed by atoms with van der Waals surface area (Å²) in [4.78, 5) is 20.5. The van der Waals surface area contributed by atoms with E-state index in [1.165, 1.54) is 0 Å². The summed E-state index contributed by atoms with van der Waals surface area (Å²) < 4.78 is 11.7. The minimum atomic E-state index is 0.602. The molecule has 7 heteroatoms. The Morgan fingerprint density at radius 3 is 1.94 bits per heavy atom. The van der Waals surface area contributed by atoms with Gasteiger partial charge in [0.1, 0.15) is 17.1 Å². The number of H-pyrrole nitrogens is 2. The highest BCUT2D eigenvalue weighted by atomic mass is 16.3. The number of hydrogen-bond acceptors (Lipinski definition) is 5. The van der Waals surface area contributed by atoms with Gasteiger partial charge in [0.2, 0.25) is 0 Å². The lowest BCUT2D eigenvalue weighted by molar-refractivity contribution is 0.580. The summed E-state index contributed by atoms with van der Waals surface area (Å²) in [5.74, 6) is 1.24. The zero-order valence-corrected chi connectivity index (χ0v) is 18.1. The molecule has 0 saturated heterocycles. The van der Waals surface area contributed by atoms with Crippen molar-refractivity contribution in [2.24, 2.45) is 0 Å². The minimum Gasteiger partial charge on any atom is -0.462 e. The second kappa shape index (κ2) is 7.90. The summed E-state index contributed by atoms with van der Waals surface area (Å²) in [5.41, 5.74) is 8.28. The molecule has 0 fully saturated rings. The van der Waals surface area contributed by atoms with Gasteiger partial charge in [-0.25, -0.2) is 4.98 Å². The first-order valence-corrected chi connectivity index (χ1v) is 10.7. The molecule has 4 aromatic heterocycles. The fraction of sp³-hybridized carbons (Fsp3) is 0. The molecule has 2 aliphatic heterocycles. The lowest BCUT2D eigenvalue weighted by atomic mass is 10.1. The van der Waals surface area contributed by atoms with Gasteiger partial charge in [-0.15, -0.1) is 0 Å². The summed E-state index contributed by atoms with van der Waals surface area (Å²) in [6.45, 7) is 7.78. The first-order valence-electron chi connectivity index (χ1n) is 10.7. The molecule has 0 aliphatic carbocycles. The largest absolute Gasteiger partial charge is 0.462 e. The van der Waals surface area contributed by atoms with E-state index in [0.717, 1.165) is 39.2 Å². The summed E-state index contributed by atoms with van der Waals surface area (Å²) in [5, 5.41) is 0. The molecule has 2 N–H and O–H groups in total. The van der Waals surface area contributed by atoms with Crippen LogP contribution >= 0.6 is 0 Å². The van der Waals surface area contributed by atoms with Gasteiger partial charge < -0.3 is 18.8 Å². The van der Waals surface area contributed by atoms with Crippen LogP contribution in [0.15, 0.2) is 89.8 Å². The third-order valence-corrected chi connectivity index (χ3v) is 5.80. The summed E-state index contributed by atoms with van der Waals surface area (Å²) in [6, 6.07) is 7.74. The van der Waals surface area contributed by atoms with Crippen molar-refractivity contribution < 1.29 is 8.83 Å². The number of nitrogens with zero attached hydrogens (tertiary/aromatic N) is 3. The van der Waals surface area contributed by atoms with Crippen LogP contribution in [-0.4, -0.2) is 24.9 Å². The molecule has 0 saturated carbocycles. The second-order valence-corrected chi connectivity index (χ2v) is 7.66. The first-order chi connectivity index (χ1) is 16.8. The third-order valence-electron chi connectivity index (χ3n) is 5.80. The van der Waals surface area contributed by atoms with E-state index in [0.29, 0.717) is 28.6 Å². The van der Waals surface area contributed by atoms with Gasteiger partial charge >= 0.3 is 0 Å². The van der Waals surface area contributed by atoms with Gasteiger partial charge in [0, 0.05) is 41.5 Å². The fourth-order valence-corrected chi connectivity index (χ4v) is 4.17. The number of nitrogens with one attached hydrogen (secondary N) is 2. The molecule has 7 nitrogen and oxygen atoms in total. The third kappa shape index (κ3) is 3.02. The molecule has 6 rings (SSSR count). The van der Waals surface area contributed by atoms with E-state index in [1.807, 2.05) is 36.7 Å². The van der Waals surface area contributed by atoms with Crippen LogP contribution in [0.5, 0.6) is 0 Å². The number of hydrogen-bond donors (Lipinski definition) is 2. The lowest BCUT2D eigenvalue weighted by Gasteiger charge is -2.02. The predicted octanol–water partition coefficient (Wildman–Crippen LogP) is 6.77. The van der Waals surface area contributed by atoms with Crippen molar-refractivity contribution >= 4 is 12.2 Å². The van der Waals surface area contributed by atoms with Crippen LogP contribution < -0.4 is 0 Å². The molecule has 2 aliphatic rings. The minimum absolute atomic E-state index is 0.602. The topological polar surface area (TPSA) is 96.5 Å². The standard InChI is InChI=1S/C27H19N5O2/c1-3-16-5-9-28-22(16)19-7-11-33-26(19)21-15-32-24-18(13-30-21)14-31-25(24)27-20(8-12-34-27)23-17(4-2)6-10-29-23/h3-15,28-29H,1-2H2. The van der Waals surface area contributed by atoms with E-state index in [1.54, 1.807) is 43.3 Å². The molecular formula is C27H19N5O2. The van der Waals surface area contributed by atoms with Crippen LogP contribution in [0.3, 0.4) is 0 Å². The van der Waals surface area contributed by atoms with Gasteiger partial charge in [-0.2, -0.15) is 0 Å². The van der Waals surface area contributed by atoms with Crippen LogP contribution in [0.1, 0.15) is 11.1 Å². The van der Waals surface area contributed by atoms with Crippen LogP contribution in [0.2, 0.25) is 0 Å². The Kier molecular flexibility index (Phi) is 4.59. The van der Waals surface area contributed by atoms with Crippen LogP contribution in [0, 0.1) is 0 Å². The molecule has 0 radical (unpaired) electrons.